The maximum Gasteiger partial charge on any atom is 0.0831 e. The van der Waals surface area contributed by atoms with Crippen LogP contribution in [-0.2, 0) is 0 Å². The Hall–Kier alpha value is -1.26. The molecule has 4 heteroatoms. The fraction of sp³-hybridized carbons (Fsp3) is 0. The monoisotopic (exact) mass is 143 g/mol. The molecular weight excluding hydrogens is 130 g/mol. The summed E-state index contributed by atoms with van der Waals surface area (Å²) in [6.45, 7) is 0. The van der Waals surface area contributed by atoms with Gasteiger partial charge in [-0.3, -0.25) is 10.7 Å². The van der Waals surface area contributed by atoms with Crippen LogP contribution in [-0.4, -0.2) is 5.21 Å². The van der Waals surface area contributed by atoms with E-state index in [4.69, 9.17) is 10.9 Å². The third kappa shape index (κ3) is 1.61. The highest BCUT2D eigenvalue weighted by molar-refractivity contribution is 5.64. The highest BCUT2D eigenvalue weighted by Crippen LogP contribution is 2.14. The van der Waals surface area contributed by atoms with Crippen LogP contribution in [0.1, 0.15) is 1.43 Å². The lowest BCUT2D eigenvalue weighted by Crippen LogP contribution is -1.94. The number of benzene rings is 1. The Bertz CT molecular complexity index is 207. The number of nitrogens with two attached hydrogens (primary N) is 1. The summed E-state index contributed by atoms with van der Waals surface area (Å²) in [7, 11) is 0. The molecule has 0 aromatic heterocycles. The van der Waals surface area contributed by atoms with E-state index >= 15 is 0 Å². The van der Waals surface area contributed by atoms with E-state index < -0.39 is 0 Å². The molecule has 58 valence electrons. The van der Waals surface area contributed by atoms with Crippen molar-refractivity contribution in [3.05, 3.63) is 24.3 Å². The van der Waals surface area contributed by atoms with Crippen LogP contribution in [0.25, 0.3) is 0 Å². The van der Waals surface area contributed by atoms with Gasteiger partial charge in [0.05, 0.1) is 11.4 Å². The standard InChI is InChI=1S/C6H8N2O.H3N.H2/c7-5-3-1-2-4-6(5)8-9;;/h1-4,8-9H,7H2;1H3;1H. The molecular formula is C6H13N3O. The van der Waals surface area contributed by atoms with Gasteiger partial charge in [0.25, 0.3) is 0 Å². The Morgan fingerprint density at radius 3 is 2.40 bits per heavy atom. The second kappa shape index (κ2) is 3.71. The maximum absolute atomic E-state index is 8.39. The van der Waals surface area contributed by atoms with Gasteiger partial charge in [-0.05, 0) is 12.1 Å². The Kier molecular flexibility index (Phi) is 3.24. The fourth-order valence-corrected chi connectivity index (χ4v) is 0.599. The molecule has 0 radical (unpaired) electrons. The summed E-state index contributed by atoms with van der Waals surface area (Å²) in [5.41, 5.74) is 8.46. The van der Waals surface area contributed by atoms with Crippen LogP contribution in [0.5, 0.6) is 0 Å². The smallest absolute Gasteiger partial charge is 0.0831 e. The molecule has 7 N–H and O–H groups in total. The third-order valence-electron chi connectivity index (χ3n) is 1.08. The molecule has 0 atom stereocenters. The lowest BCUT2D eigenvalue weighted by atomic mass is 10.3. The topological polar surface area (TPSA) is 93.3 Å². The van der Waals surface area contributed by atoms with Crippen molar-refractivity contribution < 1.29 is 6.63 Å². The van der Waals surface area contributed by atoms with Crippen molar-refractivity contribution in [2.75, 3.05) is 11.2 Å². The molecule has 0 bridgehead atoms. The second-order valence-corrected chi connectivity index (χ2v) is 1.70. The van der Waals surface area contributed by atoms with Crippen LogP contribution < -0.4 is 17.4 Å². The molecule has 0 heterocycles. The van der Waals surface area contributed by atoms with Crippen molar-refractivity contribution in [3.8, 4) is 0 Å². The maximum atomic E-state index is 8.39. The number of anilines is 2. The Labute approximate surface area is 60.7 Å². The van der Waals surface area contributed by atoms with Crippen LogP contribution in [0.2, 0.25) is 0 Å². The van der Waals surface area contributed by atoms with Gasteiger partial charge in [-0.15, -0.1) is 0 Å². The van der Waals surface area contributed by atoms with Gasteiger partial charge >= 0.3 is 0 Å². The Morgan fingerprint density at radius 2 is 2.00 bits per heavy atom. The normalized spacial score (nSPS) is 8.10. The molecule has 0 aliphatic heterocycles. The summed E-state index contributed by atoms with van der Waals surface area (Å²) < 4.78 is 0. The number of nitrogen functional groups attached to an aromatic ring is 1. The second-order valence-electron chi connectivity index (χ2n) is 1.70. The van der Waals surface area contributed by atoms with Crippen molar-refractivity contribution in [3.63, 3.8) is 0 Å². The minimum absolute atomic E-state index is 0. The third-order valence-corrected chi connectivity index (χ3v) is 1.08. The molecule has 0 aliphatic rings. The Morgan fingerprint density at radius 1 is 1.40 bits per heavy atom. The molecule has 0 amide bonds. The summed E-state index contributed by atoms with van der Waals surface area (Å²) >= 11 is 0. The van der Waals surface area contributed by atoms with E-state index in [0.29, 0.717) is 11.4 Å². The molecule has 1 aromatic rings. The quantitative estimate of drug-likeness (QED) is 0.354. The van der Waals surface area contributed by atoms with Gasteiger partial charge in [0.15, 0.2) is 0 Å². The lowest BCUT2D eigenvalue weighted by Gasteiger charge is -1.99. The number of nitrogens with one attached hydrogen (secondary N) is 1. The first-order valence-electron chi connectivity index (χ1n) is 2.59. The highest BCUT2D eigenvalue weighted by atomic mass is 16.5. The first-order valence-corrected chi connectivity index (χ1v) is 2.59. The summed E-state index contributed by atoms with van der Waals surface area (Å²) in [4.78, 5) is 0. The van der Waals surface area contributed by atoms with Crippen LogP contribution in [0.3, 0.4) is 0 Å². The average Bonchev–Trinajstić information content (AvgIpc) is 1.89. The van der Waals surface area contributed by atoms with Crippen LogP contribution in [0, 0.1) is 0 Å². The molecule has 10 heavy (non-hydrogen) atoms. The van der Waals surface area contributed by atoms with Crippen molar-refractivity contribution in [1.82, 2.24) is 6.15 Å². The van der Waals surface area contributed by atoms with E-state index in [1.54, 1.807) is 24.3 Å². The van der Waals surface area contributed by atoms with Crippen molar-refractivity contribution >= 4 is 11.4 Å². The van der Waals surface area contributed by atoms with Gasteiger partial charge in [-0.1, -0.05) is 12.1 Å². The molecule has 1 aromatic carbocycles. The van der Waals surface area contributed by atoms with Crippen molar-refractivity contribution in [2.45, 2.75) is 0 Å². The molecule has 1 rings (SSSR count). The zero-order valence-corrected chi connectivity index (χ0v) is 5.54. The van der Waals surface area contributed by atoms with E-state index in [9.17, 15) is 0 Å². The van der Waals surface area contributed by atoms with Crippen molar-refractivity contribution in [1.29, 1.82) is 0 Å². The van der Waals surface area contributed by atoms with E-state index in [2.05, 4.69) is 0 Å². The zero-order chi connectivity index (χ0) is 6.69. The van der Waals surface area contributed by atoms with Gasteiger partial charge in [0, 0.05) is 1.43 Å². The highest BCUT2D eigenvalue weighted by Gasteiger charge is 1.90. The summed E-state index contributed by atoms with van der Waals surface area (Å²) in [6.07, 6.45) is 0. The minimum atomic E-state index is 0. The SMILES string of the molecule is N.Nc1ccccc1NO.[HH]. The van der Waals surface area contributed by atoms with E-state index in [-0.39, 0.29) is 7.58 Å². The molecule has 0 spiro atoms. The van der Waals surface area contributed by atoms with Crippen LogP contribution in [0.4, 0.5) is 11.4 Å². The van der Waals surface area contributed by atoms with Crippen LogP contribution in [0.15, 0.2) is 24.3 Å². The van der Waals surface area contributed by atoms with Gasteiger partial charge in [0.1, 0.15) is 0 Å². The van der Waals surface area contributed by atoms with E-state index in [0.717, 1.165) is 0 Å². The molecule has 0 fully saturated rings. The lowest BCUT2D eigenvalue weighted by molar-refractivity contribution is 0.389. The van der Waals surface area contributed by atoms with Crippen molar-refractivity contribution in [2.24, 2.45) is 0 Å². The largest absolute Gasteiger partial charge is 0.397 e. The summed E-state index contributed by atoms with van der Waals surface area (Å²) in [5, 5.41) is 8.39. The average molecular weight is 143 g/mol. The fourth-order valence-electron chi connectivity index (χ4n) is 0.599. The zero-order valence-electron chi connectivity index (χ0n) is 5.54. The number of hydrogen-bond acceptors (Lipinski definition) is 4. The van der Waals surface area contributed by atoms with Gasteiger partial charge in [-0.25, -0.2) is 0 Å². The molecule has 4 nitrogen and oxygen atoms in total. The Balaban J connectivity index is 0. The number of para-hydroxylation sites is 2. The van der Waals surface area contributed by atoms with Gasteiger partial charge < -0.3 is 11.9 Å². The number of rotatable bonds is 1. The molecule has 0 saturated heterocycles. The molecule has 0 saturated carbocycles. The van der Waals surface area contributed by atoms with E-state index in [1.807, 2.05) is 5.48 Å². The number of hydrogen-bond donors (Lipinski definition) is 4. The first-order chi connectivity index (χ1) is 4.34. The van der Waals surface area contributed by atoms with Gasteiger partial charge in [-0.2, -0.15) is 0 Å². The first kappa shape index (κ1) is 8.74. The molecule has 0 unspecified atom stereocenters. The summed E-state index contributed by atoms with van der Waals surface area (Å²) in [6, 6.07) is 6.99. The molecule has 0 aliphatic carbocycles. The van der Waals surface area contributed by atoms with E-state index in [1.165, 1.54) is 0 Å². The van der Waals surface area contributed by atoms with Gasteiger partial charge in [0.2, 0.25) is 0 Å². The predicted octanol–water partition coefficient (Wildman–Crippen LogP) is 1.48. The van der Waals surface area contributed by atoms with Crippen LogP contribution >= 0.6 is 0 Å². The minimum Gasteiger partial charge on any atom is -0.397 e. The summed E-state index contributed by atoms with van der Waals surface area (Å²) in [5.74, 6) is 0. The predicted molar refractivity (Wildman–Crippen MR) is 43.4 cm³/mol.